The van der Waals surface area contributed by atoms with E-state index < -0.39 is 0 Å². The number of nitrogens with one attached hydrogen (secondary N) is 1. The number of aryl methyl sites for hydroxylation is 1. The van der Waals surface area contributed by atoms with Gasteiger partial charge in [-0.15, -0.1) is 0 Å². The Labute approximate surface area is 172 Å². The molecule has 1 aliphatic heterocycles. The van der Waals surface area contributed by atoms with Gasteiger partial charge in [0, 0.05) is 37.9 Å². The molecule has 0 spiro atoms. The molecular formula is C23H27N5O. The number of hydrogen-bond donors (Lipinski definition) is 1. The molecule has 0 radical (unpaired) electrons. The van der Waals surface area contributed by atoms with E-state index >= 15 is 0 Å². The molecule has 0 amide bonds. The van der Waals surface area contributed by atoms with Crippen molar-refractivity contribution in [3.63, 3.8) is 0 Å². The summed E-state index contributed by atoms with van der Waals surface area (Å²) in [5, 5.41) is 3.42. The summed E-state index contributed by atoms with van der Waals surface area (Å²) in [5.41, 5.74) is 1.81. The van der Waals surface area contributed by atoms with Crippen LogP contribution in [0.25, 0.3) is 0 Å². The van der Waals surface area contributed by atoms with Gasteiger partial charge in [0.15, 0.2) is 5.75 Å². The van der Waals surface area contributed by atoms with Crippen LogP contribution in [0.4, 0.5) is 17.5 Å². The number of benzene rings is 2. The highest BCUT2D eigenvalue weighted by molar-refractivity contribution is 5.65. The second-order valence-electron chi connectivity index (χ2n) is 7.15. The number of anilines is 3. The molecule has 2 heterocycles. The topological polar surface area (TPSA) is 53.5 Å². The highest BCUT2D eigenvalue weighted by atomic mass is 16.5. The Hall–Kier alpha value is -3.12. The Balaban J connectivity index is 1.54. The van der Waals surface area contributed by atoms with Gasteiger partial charge in [-0.2, -0.15) is 4.98 Å². The van der Waals surface area contributed by atoms with E-state index in [0.717, 1.165) is 67.4 Å². The maximum Gasteiger partial charge on any atom is 0.227 e. The molecular weight excluding hydrogens is 362 g/mol. The highest BCUT2D eigenvalue weighted by Gasteiger charge is 2.19. The maximum atomic E-state index is 6.06. The van der Waals surface area contributed by atoms with E-state index in [1.54, 1.807) is 0 Å². The fourth-order valence-corrected chi connectivity index (χ4v) is 3.43. The van der Waals surface area contributed by atoms with E-state index in [2.05, 4.69) is 27.0 Å². The maximum absolute atomic E-state index is 6.06. The van der Waals surface area contributed by atoms with E-state index in [4.69, 9.17) is 9.72 Å². The smallest absolute Gasteiger partial charge is 0.227 e. The molecule has 6 nitrogen and oxygen atoms in total. The number of para-hydroxylation sites is 3. The van der Waals surface area contributed by atoms with Crippen molar-refractivity contribution in [3.8, 4) is 11.5 Å². The lowest BCUT2D eigenvalue weighted by molar-refractivity contribution is 0.270. The summed E-state index contributed by atoms with van der Waals surface area (Å²) in [4.78, 5) is 14.2. The summed E-state index contributed by atoms with van der Waals surface area (Å²) in [6.45, 7) is 9.29. The van der Waals surface area contributed by atoms with Gasteiger partial charge >= 0.3 is 0 Å². The third-order valence-corrected chi connectivity index (χ3v) is 5.07. The van der Waals surface area contributed by atoms with Crippen molar-refractivity contribution in [2.24, 2.45) is 0 Å². The highest BCUT2D eigenvalue weighted by Crippen LogP contribution is 2.31. The van der Waals surface area contributed by atoms with Gasteiger partial charge in [0.1, 0.15) is 11.6 Å². The molecule has 0 bridgehead atoms. The zero-order chi connectivity index (χ0) is 20.1. The van der Waals surface area contributed by atoms with Crippen molar-refractivity contribution < 1.29 is 4.74 Å². The Morgan fingerprint density at radius 1 is 0.931 bits per heavy atom. The van der Waals surface area contributed by atoms with Crippen LogP contribution in [0.3, 0.4) is 0 Å². The van der Waals surface area contributed by atoms with Crippen molar-refractivity contribution in [1.29, 1.82) is 0 Å². The van der Waals surface area contributed by atoms with Crippen LogP contribution >= 0.6 is 0 Å². The minimum Gasteiger partial charge on any atom is -0.455 e. The van der Waals surface area contributed by atoms with Crippen LogP contribution in [-0.4, -0.2) is 47.6 Å². The average molecular weight is 390 g/mol. The van der Waals surface area contributed by atoms with Crippen molar-refractivity contribution in [2.75, 3.05) is 42.9 Å². The first-order valence-corrected chi connectivity index (χ1v) is 10.1. The van der Waals surface area contributed by atoms with Crippen LogP contribution in [-0.2, 0) is 0 Å². The number of aromatic nitrogens is 2. The van der Waals surface area contributed by atoms with E-state index in [-0.39, 0.29) is 0 Å². The predicted octanol–water partition coefficient (Wildman–Crippen LogP) is 4.46. The Bertz CT molecular complexity index is 939. The molecule has 150 valence electrons. The van der Waals surface area contributed by atoms with E-state index in [1.165, 1.54) is 0 Å². The lowest BCUT2D eigenvalue weighted by Crippen LogP contribution is -2.46. The minimum absolute atomic E-state index is 0.757. The average Bonchev–Trinajstić information content (AvgIpc) is 2.75. The Kier molecular flexibility index (Phi) is 5.91. The van der Waals surface area contributed by atoms with Crippen molar-refractivity contribution in [2.45, 2.75) is 13.8 Å². The van der Waals surface area contributed by atoms with Crippen LogP contribution < -0.4 is 15.0 Å². The largest absolute Gasteiger partial charge is 0.455 e. The number of nitrogens with zero attached hydrogens (tertiary/aromatic N) is 4. The molecule has 4 rings (SSSR count). The second-order valence-corrected chi connectivity index (χ2v) is 7.15. The second kappa shape index (κ2) is 8.92. The van der Waals surface area contributed by atoms with Crippen molar-refractivity contribution in [1.82, 2.24) is 14.9 Å². The number of rotatable bonds is 6. The lowest BCUT2D eigenvalue weighted by atomic mass is 10.2. The lowest BCUT2D eigenvalue weighted by Gasteiger charge is -2.34. The van der Waals surface area contributed by atoms with Crippen LogP contribution in [0.2, 0.25) is 0 Å². The first kappa shape index (κ1) is 19.2. The molecule has 6 heteroatoms. The van der Waals surface area contributed by atoms with E-state index in [0.29, 0.717) is 0 Å². The number of hydrogen-bond acceptors (Lipinski definition) is 6. The summed E-state index contributed by atoms with van der Waals surface area (Å²) in [5.74, 6) is 3.11. The van der Waals surface area contributed by atoms with Gasteiger partial charge < -0.3 is 19.9 Å². The molecule has 2 aromatic carbocycles. The quantitative estimate of drug-likeness (QED) is 0.672. The van der Waals surface area contributed by atoms with Gasteiger partial charge in [-0.25, -0.2) is 4.98 Å². The molecule has 1 saturated heterocycles. The van der Waals surface area contributed by atoms with Crippen LogP contribution in [0.5, 0.6) is 11.5 Å². The number of piperazine rings is 1. The molecule has 1 fully saturated rings. The zero-order valence-corrected chi connectivity index (χ0v) is 17.0. The molecule has 1 N–H and O–H groups in total. The molecule has 1 aliphatic rings. The van der Waals surface area contributed by atoms with E-state index in [1.807, 2.05) is 67.6 Å². The Morgan fingerprint density at radius 2 is 1.66 bits per heavy atom. The first-order chi connectivity index (χ1) is 14.2. The normalized spacial score (nSPS) is 14.6. The Morgan fingerprint density at radius 3 is 2.41 bits per heavy atom. The van der Waals surface area contributed by atoms with Gasteiger partial charge in [-0.3, -0.25) is 0 Å². The number of ether oxygens (including phenoxy) is 1. The van der Waals surface area contributed by atoms with Gasteiger partial charge in [0.25, 0.3) is 0 Å². The fraction of sp³-hybridized carbons (Fsp3) is 0.304. The first-order valence-electron chi connectivity index (χ1n) is 10.1. The SMILES string of the molecule is CCN1CCN(c2nc(C)cc(Nc3ccccc3Oc3ccccc3)n2)CC1. The predicted molar refractivity (Wildman–Crippen MR) is 117 cm³/mol. The standard InChI is InChI=1S/C23H27N5O/c1-3-27-13-15-28(16-14-27)23-24-18(2)17-22(26-23)25-20-11-7-8-12-21(20)29-19-9-5-4-6-10-19/h4-12,17H,3,13-16H2,1-2H3,(H,24,25,26). The molecule has 1 aromatic heterocycles. The summed E-state index contributed by atoms with van der Waals surface area (Å²) < 4.78 is 6.06. The van der Waals surface area contributed by atoms with Gasteiger partial charge in [-0.05, 0) is 37.7 Å². The molecule has 29 heavy (non-hydrogen) atoms. The monoisotopic (exact) mass is 389 g/mol. The third kappa shape index (κ3) is 4.84. The van der Waals surface area contributed by atoms with Crippen molar-refractivity contribution >= 4 is 17.5 Å². The molecule has 0 atom stereocenters. The van der Waals surface area contributed by atoms with Crippen LogP contribution in [0, 0.1) is 6.92 Å². The minimum atomic E-state index is 0.757. The number of likely N-dealkylation sites (N-methyl/N-ethyl adjacent to an activating group) is 1. The van der Waals surface area contributed by atoms with Gasteiger partial charge in [0.2, 0.25) is 5.95 Å². The molecule has 0 aliphatic carbocycles. The fourth-order valence-electron chi connectivity index (χ4n) is 3.43. The molecule has 3 aromatic rings. The summed E-state index contributed by atoms with van der Waals surface area (Å²) >= 11 is 0. The zero-order valence-electron chi connectivity index (χ0n) is 17.0. The van der Waals surface area contributed by atoms with Crippen molar-refractivity contribution in [3.05, 3.63) is 66.4 Å². The summed E-state index contributed by atoms with van der Waals surface area (Å²) in [6.07, 6.45) is 0. The summed E-state index contributed by atoms with van der Waals surface area (Å²) in [6, 6.07) is 19.6. The van der Waals surface area contributed by atoms with Gasteiger partial charge in [-0.1, -0.05) is 37.3 Å². The molecule has 0 saturated carbocycles. The van der Waals surface area contributed by atoms with Gasteiger partial charge in [0.05, 0.1) is 5.69 Å². The van der Waals surface area contributed by atoms with Crippen LogP contribution in [0.1, 0.15) is 12.6 Å². The van der Waals surface area contributed by atoms with E-state index in [9.17, 15) is 0 Å². The molecule has 0 unspecified atom stereocenters. The summed E-state index contributed by atoms with van der Waals surface area (Å²) in [7, 11) is 0. The third-order valence-electron chi connectivity index (χ3n) is 5.07. The van der Waals surface area contributed by atoms with Crippen LogP contribution in [0.15, 0.2) is 60.7 Å².